The lowest BCUT2D eigenvalue weighted by Gasteiger charge is -2.08. The molecule has 0 atom stereocenters. The normalized spacial score (nSPS) is 11.3. The molecule has 0 aliphatic rings. The van der Waals surface area contributed by atoms with E-state index >= 15 is 0 Å². The molecule has 0 aliphatic carbocycles. The van der Waals surface area contributed by atoms with Crippen LogP contribution in [0.3, 0.4) is 0 Å². The minimum absolute atomic E-state index is 0.766. The maximum Gasteiger partial charge on any atom is 0.109 e. The summed E-state index contributed by atoms with van der Waals surface area (Å²) in [6.45, 7) is 3.10. The number of fused-ring (bicyclic) bond motifs is 1. The SMILES string of the molecule is CCCc1nc2cc(N)ccc2n1CCc1cnn(C)c1. The number of imidazole rings is 1. The average molecular weight is 283 g/mol. The van der Waals surface area contributed by atoms with Gasteiger partial charge in [-0.25, -0.2) is 4.98 Å². The fourth-order valence-corrected chi connectivity index (χ4v) is 2.70. The van der Waals surface area contributed by atoms with Crippen molar-refractivity contribution in [3.8, 4) is 0 Å². The Morgan fingerprint density at radius 3 is 2.81 bits per heavy atom. The molecule has 0 saturated heterocycles. The van der Waals surface area contributed by atoms with Gasteiger partial charge in [0.2, 0.25) is 0 Å². The van der Waals surface area contributed by atoms with Crippen molar-refractivity contribution in [3.63, 3.8) is 0 Å². The molecule has 110 valence electrons. The lowest BCUT2D eigenvalue weighted by Crippen LogP contribution is -2.06. The second-order valence-corrected chi connectivity index (χ2v) is 5.45. The molecular weight excluding hydrogens is 262 g/mol. The Morgan fingerprint density at radius 1 is 1.24 bits per heavy atom. The first kappa shape index (κ1) is 13.7. The Labute approximate surface area is 124 Å². The summed E-state index contributed by atoms with van der Waals surface area (Å²) in [5, 5.41) is 4.22. The van der Waals surface area contributed by atoms with Gasteiger partial charge in [0.05, 0.1) is 17.2 Å². The van der Waals surface area contributed by atoms with Crippen LogP contribution in [0.4, 0.5) is 5.69 Å². The number of nitrogens with two attached hydrogens (primary N) is 1. The van der Waals surface area contributed by atoms with Gasteiger partial charge in [-0.3, -0.25) is 4.68 Å². The van der Waals surface area contributed by atoms with E-state index in [1.54, 1.807) is 0 Å². The lowest BCUT2D eigenvalue weighted by molar-refractivity contribution is 0.658. The van der Waals surface area contributed by atoms with Crippen LogP contribution in [0.25, 0.3) is 11.0 Å². The molecule has 0 bridgehead atoms. The van der Waals surface area contributed by atoms with E-state index in [0.29, 0.717) is 0 Å². The fourth-order valence-electron chi connectivity index (χ4n) is 2.70. The van der Waals surface area contributed by atoms with Crippen LogP contribution in [0, 0.1) is 0 Å². The Balaban J connectivity index is 1.92. The number of nitrogen functional groups attached to an aromatic ring is 1. The van der Waals surface area contributed by atoms with Crippen LogP contribution < -0.4 is 5.73 Å². The van der Waals surface area contributed by atoms with Gasteiger partial charge in [0, 0.05) is 31.9 Å². The highest BCUT2D eigenvalue weighted by molar-refractivity contribution is 5.79. The van der Waals surface area contributed by atoms with Gasteiger partial charge in [-0.15, -0.1) is 0 Å². The van der Waals surface area contributed by atoms with Crippen LogP contribution in [0.2, 0.25) is 0 Å². The number of hydrogen-bond acceptors (Lipinski definition) is 3. The predicted molar refractivity (Wildman–Crippen MR) is 85.1 cm³/mol. The van der Waals surface area contributed by atoms with Gasteiger partial charge in [0.1, 0.15) is 5.82 Å². The van der Waals surface area contributed by atoms with Gasteiger partial charge in [0.25, 0.3) is 0 Å². The van der Waals surface area contributed by atoms with E-state index in [9.17, 15) is 0 Å². The highest BCUT2D eigenvalue weighted by atomic mass is 15.2. The standard InChI is InChI=1S/C16H21N5/c1-3-4-16-19-14-9-13(17)5-6-15(14)21(16)8-7-12-10-18-20(2)11-12/h5-6,9-11H,3-4,7-8,17H2,1-2H3. The van der Waals surface area contributed by atoms with Gasteiger partial charge in [-0.1, -0.05) is 6.92 Å². The van der Waals surface area contributed by atoms with Crippen molar-refractivity contribution < 1.29 is 0 Å². The Hall–Kier alpha value is -2.30. The van der Waals surface area contributed by atoms with Crippen molar-refractivity contribution >= 4 is 16.7 Å². The van der Waals surface area contributed by atoms with Crippen molar-refractivity contribution in [1.82, 2.24) is 19.3 Å². The minimum Gasteiger partial charge on any atom is -0.399 e. The smallest absolute Gasteiger partial charge is 0.109 e. The fraction of sp³-hybridized carbons (Fsp3) is 0.375. The molecule has 0 aliphatic heterocycles. The van der Waals surface area contributed by atoms with Gasteiger partial charge in [-0.2, -0.15) is 5.10 Å². The maximum absolute atomic E-state index is 5.86. The van der Waals surface area contributed by atoms with Crippen molar-refractivity contribution in [2.45, 2.75) is 32.7 Å². The van der Waals surface area contributed by atoms with Gasteiger partial charge in [-0.05, 0) is 36.6 Å². The minimum atomic E-state index is 0.766. The predicted octanol–water partition coefficient (Wildman–Crippen LogP) is 2.55. The summed E-state index contributed by atoms with van der Waals surface area (Å²) in [5.41, 5.74) is 10.0. The molecule has 2 N–H and O–H groups in total. The summed E-state index contributed by atoms with van der Waals surface area (Å²) >= 11 is 0. The van der Waals surface area contributed by atoms with Crippen LogP contribution in [0.5, 0.6) is 0 Å². The summed E-state index contributed by atoms with van der Waals surface area (Å²) in [7, 11) is 1.95. The first-order valence-electron chi connectivity index (χ1n) is 7.39. The third-order valence-corrected chi connectivity index (χ3v) is 3.71. The lowest BCUT2D eigenvalue weighted by atomic mass is 10.2. The molecule has 1 aromatic carbocycles. The Bertz CT molecular complexity index is 753. The summed E-state index contributed by atoms with van der Waals surface area (Å²) in [6.07, 6.45) is 7.03. The Kier molecular flexibility index (Phi) is 3.64. The number of nitrogens with zero attached hydrogens (tertiary/aromatic N) is 4. The number of benzene rings is 1. The molecule has 0 radical (unpaired) electrons. The van der Waals surface area contributed by atoms with Crippen molar-refractivity contribution in [2.75, 3.05) is 5.73 Å². The molecule has 3 rings (SSSR count). The molecule has 5 nitrogen and oxygen atoms in total. The highest BCUT2D eigenvalue weighted by Crippen LogP contribution is 2.20. The molecule has 0 spiro atoms. The van der Waals surface area contributed by atoms with E-state index in [-0.39, 0.29) is 0 Å². The Morgan fingerprint density at radius 2 is 2.10 bits per heavy atom. The number of anilines is 1. The molecule has 0 unspecified atom stereocenters. The van der Waals surface area contributed by atoms with Crippen LogP contribution in [-0.4, -0.2) is 19.3 Å². The first-order chi connectivity index (χ1) is 10.2. The van der Waals surface area contributed by atoms with E-state index in [2.05, 4.69) is 28.9 Å². The number of rotatable bonds is 5. The van der Waals surface area contributed by atoms with Gasteiger partial charge >= 0.3 is 0 Å². The zero-order valence-electron chi connectivity index (χ0n) is 12.6. The maximum atomic E-state index is 5.86. The first-order valence-corrected chi connectivity index (χ1v) is 7.39. The largest absolute Gasteiger partial charge is 0.399 e. The van der Waals surface area contributed by atoms with E-state index in [4.69, 9.17) is 10.7 Å². The molecule has 2 aromatic heterocycles. The number of aryl methyl sites for hydroxylation is 4. The van der Waals surface area contributed by atoms with Gasteiger partial charge < -0.3 is 10.3 Å². The quantitative estimate of drug-likeness (QED) is 0.732. The van der Waals surface area contributed by atoms with Crippen LogP contribution in [0.15, 0.2) is 30.6 Å². The van der Waals surface area contributed by atoms with E-state index in [1.165, 1.54) is 5.56 Å². The van der Waals surface area contributed by atoms with Crippen molar-refractivity contribution in [3.05, 3.63) is 42.0 Å². The molecule has 5 heteroatoms. The molecule has 0 saturated carbocycles. The van der Waals surface area contributed by atoms with Crippen LogP contribution in [0.1, 0.15) is 24.7 Å². The van der Waals surface area contributed by atoms with E-state index < -0.39 is 0 Å². The van der Waals surface area contributed by atoms with Crippen molar-refractivity contribution in [1.29, 1.82) is 0 Å². The third kappa shape index (κ3) is 2.77. The topological polar surface area (TPSA) is 61.7 Å². The second kappa shape index (κ2) is 5.60. The van der Waals surface area contributed by atoms with E-state index in [0.717, 1.165) is 48.4 Å². The number of aromatic nitrogens is 4. The second-order valence-electron chi connectivity index (χ2n) is 5.45. The molecular formula is C16H21N5. The molecule has 21 heavy (non-hydrogen) atoms. The average Bonchev–Trinajstić information content (AvgIpc) is 3.00. The zero-order valence-corrected chi connectivity index (χ0v) is 12.6. The summed E-state index contributed by atoms with van der Waals surface area (Å²) in [6, 6.07) is 5.97. The summed E-state index contributed by atoms with van der Waals surface area (Å²) in [5.74, 6) is 1.14. The number of hydrogen-bond donors (Lipinski definition) is 1. The summed E-state index contributed by atoms with van der Waals surface area (Å²) < 4.78 is 4.15. The van der Waals surface area contributed by atoms with Crippen LogP contribution in [-0.2, 0) is 26.4 Å². The highest BCUT2D eigenvalue weighted by Gasteiger charge is 2.10. The van der Waals surface area contributed by atoms with Gasteiger partial charge in [0.15, 0.2) is 0 Å². The zero-order chi connectivity index (χ0) is 14.8. The molecule has 0 fully saturated rings. The van der Waals surface area contributed by atoms with Crippen molar-refractivity contribution in [2.24, 2.45) is 7.05 Å². The van der Waals surface area contributed by atoms with E-state index in [1.807, 2.05) is 30.1 Å². The molecule has 3 aromatic rings. The molecule has 2 heterocycles. The van der Waals surface area contributed by atoms with Crippen LogP contribution >= 0.6 is 0 Å². The monoisotopic (exact) mass is 283 g/mol. The third-order valence-electron chi connectivity index (χ3n) is 3.71. The summed E-state index contributed by atoms with van der Waals surface area (Å²) in [4.78, 5) is 4.74. The molecule has 0 amide bonds.